The van der Waals surface area contributed by atoms with E-state index in [1.165, 1.54) is 18.0 Å². The van der Waals surface area contributed by atoms with E-state index in [0.717, 1.165) is 4.57 Å². The summed E-state index contributed by atoms with van der Waals surface area (Å²) in [7, 11) is 0. The van der Waals surface area contributed by atoms with E-state index in [4.69, 9.17) is 9.47 Å². The second kappa shape index (κ2) is 6.29. The highest BCUT2D eigenvalue weighted by atomic mass is 16.8. The fourth-order valence-corrected chi connectivity index (χ4v) is 3.26. The summed E-state index contributed by atoms with van der Waals surface area (Å²) in [5, 5.41) is 39.2. The number of rotatable bonds is 3. The average molecular weight is 359 g/mol. The van der Waals surface area contributed by atoms with Gasteiger partial charge in [-0.05, 0) is 6.92 Å². The Kier molecular flexibility index (Phi) is 4.58. The molecule has 2 fully saturated rings. The molecule has 5 N–H and O–H groups in total. The molecule has 2 aliphatic rings. The largest absolute Gasteiger partial charge is 0.394 e. The number of aryl methyl sites for hydroxylation is 1. The molecule has 2 saturated heterocycles. The number of β-amino-alcohol motifs (C(OH)–C–C–N with tert-alkyl or cyclic N) is 2. The molecule has 1 aromatic rings. The molecule has 11 nitrogen and oxygen atoms in total. The third-order valence-electron chi connectivity index (χ3n) is 4.51. The molecule has 0 bridgehead atoms. The van der Waals surface area contributed by atoms with Gasteiger partial charge in [-0.25, -0.2) is 9.69 Å². The number of aromatic nitrogens is 2. The Hall–Kier alpha value is -1.60. The predicted molar refractivity (Wildman–Crippen MR) is 81.3 cm³/mol. The second-order valence-corrected chi connectivity index (χ2v) is 6.31. The van der Waals surface area contributed by atoms with E-state index in [-0.39, 0.29) is 25.1 Å². The molecule has 0 radical (unpaired) electrons. The Morgan fingerprint density at radius 3 is 2.72 bits per heavy atom. The third-order valence-corrected chi connectivity index (χ3v) is 4.51. The zero-order chi connectivity index (χ0) is 18.4. The molecule has 1 aromatic heterocycles. The van der Waals surface area contributed by atoms with Gasteiger partial charge in [-0.2, -0.15) is 0 Å². The minimum atomic E-state index is -2.46. The third kappa shape index (κ3) is 3.15. The number of hydrogen-bond donors (Lipinski definition) is 5. The van der Waals surface area contributed by atoms with Gasteiger partial charge in [0.05, 0.1) is 25.9 Å². The van der Waals surface area contributed by atoms with E-state index in [9.17, 15) is 30.0 Å². The molecule has 0 amide bonds. The van der Waals surface area contributed by atoms with Crippen LogP contribution in [-0.2, 0) is 15.3 Å². The van der Waals surface area contributed by atoms with Gasteiger partial charge in [0.2, 0.25) is 5.85 Å². The Labute approximate surface area is 141 Å². The number of hydrogen-bond acceptors (Lipinski definition) is 9. The van der Waals surface area contributed by atoms with Crippen LogP contribution in [0.5, 0.6) is 0 Å². The van der Waals surface area contributed by atoms with Crippen LogP contribution in [-0.4, -0.2) is 79.4 Å². The Balaban J connectivity index is 2.13. The maximum atomic E-state index is 12.4. The molecular formula is C14H21N3O8. The van der Waals surface area contributed by atoms with Crippen molar-refractivity contribution in [3.05, 3.63) is 32.6 Å². The van der Waals surface area contributed by atoms with Gasteiger partial charge >= 0.3 is 5.69 Å². The monoisotopic (exact) mass is 359 g/mol. The first-order valence-electron chi connectivity index (χ1n) is 7.82. The van der Waals surface area contributed by atoms with Crippen LogP contribution in [0, 0.1) is 6.92 Å². The summed E-state index contributed by atoms with van der Waals surface area (Å²) in [6.45, 7) is 0.683. The van der Waals surface area contributed by atoms with E-state index < -0.39 is 48.4 Å². The zero-order valence-corrected chi connectivity index (χ0v) is 13.6. The van der Waals surface area contributed by atoms with Gasteiger partial charge in [-0.15, -0.1) is 0 Å². The molecular weight excluding hydrogens is 338 g/mol. The van der Waals surface area contributed by atoms with Crippen LogP contribution in [0.15, 0.2) is 15.8 Å². The summed E-state index contributed by atoms with van der Waals surface area (Å²) in [6, 6.07) is 0. The summed E-state index contributed by atoms with van der Waals surface area (Å²) < 4.78 is 11.7. The van der Waals surface area contributed by atoms with Crippen LogP contribution >= 0.6 is 0 Å². The van der Waals surface area contributed by atoms with Crippen LogP contribution < -0.4 is 11.2 Å². The smallest absolute Gasteiger partial charge is 0.331 e. The fourth-order valence-electron chi connectivity index (χ4n) is 3.26. The topological polar surface area (TPSA) is 157 Å². The number of nitrogens with zero attached hydrogens (tertiary/aromatic N) is 2. The first-order valence-corrected chi connectivity index (χ1v) is 7.82. The van der Waals surface area contributed by atoms with E-state index in [1.54, 1.807) is 0 Å². The summed E-state index contributed by atoms with van der Waals surface area (Å²) in [5.74, 6) is -4.07. The van der Waals surface area contributed by atoms with Crippen LogP contribution in [0.2, 0.25) is 0 Å². The molecule has 140 valence electrons. The number of aliphatic hydroxyl groups is 4. The number of aromatic amines is 1. The Bertz CT molecular complexity index is 759. The molecule has 0 saturated carbocycles. The lowest BCUT2D eigenvalue weighted by Gasteiger charge is -2.45. The van der Waals surface area contributed by atoms with E-state index in [2.05, 4.69) is 4.98 Å². The normalized spacial score (nSPS) is 32.8. The lowest BCUT2D eigenvalue weighted by Crippen LogP contribution is -2.63. The average Bonchev–Trinajstić information content (AvgIpc) is 2.88. The van der Waals surface area contributed by atoms with Crippen molar-refractivity contribution in [3.8, 4) is 0 Å². The molecule has 3 atom stereocenters. The van der Waals surface area contributed by atoms with Gasteiger partial charge in [-0.1, -0.05) is 0 Å². The summed E-state index contributed by atoms with van der Waals surface area (Å²) in [5.41, 5.74) is -1.11. The van der Waals surface area contributed by atoms with Crippen LogP contribution in [0.25, 0.3) is 0 Å². The summed E-state index contributed by atoms with van der Waals surface area (Å²) >= 11 is 0. The van der Waals surface area contributed by atoms with Crippen molar-refractivity contribution in [1.82, 2.24) is 14.5 Å². The fraction of sp³-hybridized carbons (Fsp3) is 0.714. The minimum absolute atomic E-state index is 0.0604. The van der Waals surface area contributed by atoms with Crippen LogP contribution in [0.3, 0.4) is 0 Å². The number of ether oxygens (including phenoxy) is 2. The second-order valence-electron chi connectivity index (χ2n) is 6.31. The molecule has 3 rings (SSSR count). The van der Waals surface area contributed by atoms with Gasteiger partial charge in [0.25, 0.3) is 11.5 Å². The lowest BCUT2D eigenvalue weighted by molar-refractivity contribution is -0.382. The highest BCUT2D eigenvalue weighted by molar-refractivity contribution is 5.05. The maximum Gasteiger partial charge on any atom is 0.331 e. The van der Waals surface area contributed by atoms with Crippen molar-refractivity contribution in [2.75, 3.05) is 26.3 Å². The van der Waals surface area contributed by atoms with Gasteiger partial charge in [-0.3, -0.25) is 14.3 Å². The highest BCUT2D eigenvalue weighted by Crippen LogP contribution is 2.39. The molecule has 0 aliphatic carbocycles. The summed E-state index contributed by atoms with van der Waals surface area (Å²) in [6.07, 6.45) is -0.924. The first-order chi connectivity index (χ1) is 11.7. The van der Waals surface area contributed by atoms with Crippen molar-refractivity contribution in [2.24, 2.45) is 0 Å². The van der Waals surface area contributed by atoms with E-state index in [0.29, 0.717) is 0 Å². The molecule has 3 heterocycles. The van der Waals surface area contributed by atoms with Crippen molar-refractivity contribution < 1.29 is 29.9 Å². The van der Waals surface area contributed by atoms with Crippen molar-refractivity contribution >= 4 is 0 Å². The van der Waals surface area contributed by atoms with Crippen LogP contribution in [0.1, 0.15) is 12.0 Å². The van der Waals surface area contributed by atoms with Crippen molar-refractivity contribution in [2.45, 2.75) is 37.4 Å². The zero-order valence-electron chi connectivity index (χ0n) is 13.6. The van der Waals surface area contributed by atoms with Gasteiger partial charge in [0, 0.05) is 24.7 Å². The number of aliphatic hydroxyl groups excluding tert-OH is 2. The quantitative estimate of drug-likeness (QED) is 0.346. The number of H-pyrrole nitrogens is 1. The van der Waals surface area contributed by atoms with Gasteiger partial charge in [0.15, 0.2) is 0 Å². The SMILES string of the molecule is Cc1cn([C@@]2(N3CCOC(O)(O)C3)C[C@H](O)[C@@H](CO)O2)c(=O)[nH]c1=O. The van der Waals surface area contributed by atoms with Crippen molar-refractivity contribution in [1.29, 1.82) is 0 Å². The molecule has 11 heteroatoms. The van der Waals surface area contributed by atoms with Crippen molar-refractivity contribution in [3.63, 3.8) is 0 Å². The minimum Gasteiger partial charge on any atom is -0.394 e. The first kappa shape index (κ1) is 18.2. The van der Waals surface area contributed by atoms with Gasteiger partial charge < -0.3 is 29.9 Å². The number of nitrogens with one attached hydrogen (secondary N) is 1. The van der Waals surface area contributed by atoms with E-state index in [1.807, 2.05) is 0 Å². The maximum absolute atomic E-state index is 12.4. The van der Waals surface area contributed by atoms with Gasteiger partial charge in [0.1, 0.15) is 6.10 Å². The molecule has 0 unspecified atom stereocenters. The standard InChI is InChI=1S/C14H21N3O8/c1-8-5-17(12(21)15-11(8)20)13(4-9(19)10(6-18)25-13)16-2-3-24-14(22,23)7-16/h5,9-10,18-19,22-23H,2-4,6-7H2,1H3,(H,15,20,21)/t9-,10+,13-/m0/s1. The highest BCUT2D eigenvalue weighted by Gasteiger charge is 2.54. The Morgan fingerprint density at radius 2 is 2.12 bits per heavy atom. The molecule has 2 aliphatic heterocycles. The Morgan fingerprint density at radius 1 is 1.40 bits per heavy atom. The summed E-state index contributed by atoms with van der Waals surface area (Å²) in [4.78, 5) is 27.6. The predicted octanol–water partition coefficient (Wildman–Crippen LogP) is -3.43. The van der Waals surface area contributed by atoms with E-state index >= 15 is 0 Å². The van der Waals surface area contributed by atoms with Crippen LogP contribution in [0.4, 0.5) is 0 Å². The lowest BCUT2D eigenvalue weighted by atomic mass is 10.1. The molecule has 25 heavy (non-hydrogen) atoms. The number of morpholine rings is 1. The molecule has 0 aromatic carbocycles. The molecule has 0 spiro atoms.